The molecule has 0 aliphatic heterocycles. The Balaban J connectivity index is 2.35. The molecule has 0 aliphatic carbocycles. The number of ether oxygens (including phenoxy) is 1. The minimum absolute atomic E-state index is 0.801. The Kier molecular flexibility index (Phi) is 6.33. The second-order valence-corrected chi connectivity index (χ2v) is 4.57. The minimum Gasteiger partial charge on any atom is -0.493 e. The standard InChI is InChI=1S/C13H20OS/c1-3-4-5-12-6-8-13(9-7-12)14-10-11-15-2/h6-9H,3-5,10-11H2,1-2H3. The van der Waals surface area contributed by atoms with Crippen molar-refractivity contribution in [3.8, 4) is 5.75 Å². The molecule has 0 radical (unpaired) electrons. The van der Waals surface area contributed by atoms with Crippen molar-refractivity contribution in [2.24, 2.45) is 0 Å². The number of hydrogen-bond donors (Lipinski definition) is 0. The fraction of sp³-hybridized carbons (Fsp3) is 0.538. The molecule has 0 fully saturated rings. The Morgan fingerprint density at radius 2 is 1.93 bits per heavy atom. The maximum Gasteiger partial charge on any atom is 0.119 e. The molecule has 0 bridgehead atoms. The maximum absolute atomic E-state index is 5.59. The number of hydrogen-bond acceptors (Lipinski definition) is 2. The summed E-state index contributed by atoms with van der Waals surface area (Å²) in [4.78, 5) is 0. The van der Waals surface area contributed by atoms with E-state index in [1.165, 1.54) is 24.8 Å². The van der Waals surface area contributed by atoms with Gasteiger partial charge in [-0.3, -0.25) is 0 Å². The third-order valence-corrected chi connectivity index (χ3v) is 2.87. The molecule has 0 saturated heterocycles. The summed E-state index contributed by atoms with van der Waals surface area (Å²) in [5.74, 6) is 2.04. The molecular weight excluding hydrogens is 204 g/mol. The summed E-state index contributed by atoms with van der Waals surface area (Å²) in [7, 11) is 0. The van der Waals surface area contributed by atoms with Crippen LogP contribution in [0.3, 0.4) is 0 Å². The number of rotatable bonds is 7. The quantitative estimate of drug-likeness (QED) is 0.652. The lowest BCUT2D eigenvalue weighted by Crippen LogP contribution is -1.99. The van der Waals surface area contributed by atoms with Crippen LogP contribution in [-0.4, -0.2) is 18.6 Å². The molecule has 1 aromatic carbocycles. The molecule has 15 heavy (non-hydrogen) atoms. The fourth-order valence-corrected chi connectivity index (χ4v) is 1.63. The summed E-state index contributed by atoms with van der Waals surface area (Å²) >= 11 is 1.81. The van der Waals surface area contributed by atoms with Crippen LogP contribution in [0.4, 0.5) is 0 Å². The molecule has 0 spiro atoms. The second kappa shape index (κ2) is 7.63. The van der Waals surface area contributed by atoms with E-state index in [4.69, 9.17) is 4.74 Å². The molecule has 0 aromatic heterocycles. The third kappa shape index (κ3) is 5.12. The van der Waals surface area contributed by atoms with Gasteiger partial charge in [-0.2, -0.15) is 11.8 Å². The predicted molar refractivity (Wildman–Crippen MR) is 68.9 cm³/mol. The van der Waals surface area contributed by atoms with Gasteiger partial charge in [0.2, 0.25) is 0 Å². The van der Waals surface area contributed by atoms with Crippen LogP contribution in [0.5, 0.6) is 5.75 Å². The van der Waals surface area contributed by atoms with E-state index in [0.29, 0.717) is 0 Å². The highest BCUT2D eigenvalue weighted by molar-refractivity contribution is 7.98. The topological polar surface area (TPSA) is 9.23 Å². The summed E-state index contributed by atoms with van der Waals surface area (Å²) in [6, 6.07) is 8.49. The monoisotopic (exact) mass is 224 g/mol. The number of unbranched alkanes of at least 4 members (excludes halogenated alkanes) is 1. The van der Waals surface area contributed by atoms with Gasteiger partial charge in [-0.1, -0.05) is 25.5 Å². The molecule has 84 valence electrons. The van der Waals surface area contributed by atoms with Gasteiger partial charge < -0.3 is 4.74 Å². The molecule has 0 heterocycles. The molecule has 0 N–H and O–H groups in total. The first-order chi connectivity index (χ1) is 7.36. The van der Waals surface area contributed by atoms with Crippen molar-refractivity contribution >= 4 is 11.8 Å². The molecule has 0 saturated carbocycles. The van der Waals surface area contributed by atoms with Gasteiger partial charge in [0.05, 0.1) is 6.61 Å². The van der Waals surface area contributed by atoms with E-state index in [2.05, 4.69) is 37.4 Å². The molecule has 0 aliphatic rings. The minimum atomic E-state index is 0.801. The fourth-order valence-electron chi connectivity index (χ4n) is 1.38. The zero-order valence-corrected chi connectivity index (χ0v) is 10.5. The van der Waals surface area contributed by atoms with E-state index in [1.807, 2.05) is 11.8 Å². The van der Waals surface area contributed by atoms with Gasteiger partial charge in [0, 0.05) is 5.75 Å². The van der Waals surface area contributed by atoms with E-state index in [1.54, 1.807) is 0 Å². The average Bonchev–Trinajstić information content (AvgIpc) is 2.28. The Hall–Kier alpha value is -0.630. The van der Waals surface area contributed by atoms with Crippen molar-refractivity contribution in [3.63, 3.8) is 0 Å². The number of benzene rings is 1. The molecule has 1 nitrogen and oxygen atoms in total. The van der Waals surface area contributed by atoms with Crippen LogP contribution < -0.4 is 4.74 Å². The van der Waals surface area contributed by atoms with Crippen LogP contribution >= 0.6 is 11.8 Å². The maximum atomic E-state index is 5.59. The Bertz CT molecular complexity index is 256. The molecule has 2 heteroatoms. The van der Waals surface area contributed by atoms with Crippen molar-refractivity contribution in [1.29, 1.82) is 0 Å². The highest BCUT2D eigenvalue weighted by atomic mass is 32.2. The van der Waals surface area contributed by atoms with Crippen molar-refractivity contribution in [1.82, 2.24) is 0 Å². The Morgan fingerprint density at radius 1 is 1.20 bits per heavy atom. The number of thioether (sulfide) groups is 1. The number of aryl methyl sites for hydroxylation is 1. The molecule has 1 rings (SSSR count). The van der Waals surface area contributed by atoms with Gasteiger partial charge in [0.15, 0.2) is 0 Å². The summed E-state index contributed by atoms with van der Waals surface area (Å²) in [6.45, 7) is 3.02. The van der Waals surface area contributed by atoms with Crippen LogP contribution in [-0.2, 0) is 6.42 Å². The SMILES string of the molecule is CCCCc1ccc(OCCSC)cc1. The van der Waals surface area contributed by atoms with Crippen molar-refractivity contribution < 1.29 is 4.74 Å². The molecule has 0 atom stereocenters. The van der Waals surface area contributed by atoms with Gasteiger partial charge >= 0.3 is 0 Å². The normalized spacial score (nSPS) is 10.3. The third-order valence-electron chi connectivity index (χ3n) is 2.30. The van der Waals surface area contributed by atoms with E-state index < -0.39 is 0 Å². The summed E-state index contributed by atoms with van der Waals surface area (Å²) in [6.07, 6.45) is 5.80. The second-order valence-electron chi connectivity index (χ2n) is 3.59. The van der Waals surface area contributed by atoms with Crippen molar-refractivity contribution in [2.45, 2.75) is 26.2 Å². The van der Waals surface area contributed by atoms with Gasteiger partial charge in [-0.15, -0.1) is 0 Å². The van der Waals surface area contributed by atoms with E-state index >= 15 is 0 Å². The largest absolute Gasteiger partial charge is 0.493 e. The van der Waals surface area contributed by atoms with Crippen molar-refractivity contribution in [2.75, 3.05) is 18.6 Å². The lowest BCUT2D eigenvalue weighted by molar-refractivity contribution is 0.344. The van der Waals surface area contributed by atoms with Crippen LogP contribution in [0.2, 0.25) is 0 Å². The summed E-state index contributed by atoms with van der Waals surface area (Å²) in [5.41, 5.74) is 1.41. The summed E-state index contributed by atoms with van der Waals surface area (Å²) in [5, 5.41) is 0. The highest BCUT2D eigenvalue weighted by Gasteiger charge is 1.95. The van der Waals surface area contributed by atoms with Crippen LogP contribution in [0.1, 0.15) is 25.3 Å². The summed E-state index contributed by atoms with van der Waals surface area (Å²) < 4.78 is 5.59. The zero-order valence-electron chi connectivity index (χ0n) is 9.66. The molecular formula is C13H20OS. The smallest absolute Gasteiger partial charge is 0.119 e. The van der Waals surface area contributed by atoms with Gasteiger partial charge in [0.25, 0.3) is 0 Å². The Labute approximate surface area is 97.2 Å². The van der Waals surface area contributed by atoms with E-state index in [0.717, 1.165) is 18.1 Å². The first-order valence-electron chi connectivity index (χ1n) is 5.57. The average molecular weight is 224 g/mol. The molecule has 0 unspecified atom stereocenters. The van der Waals surface area contributed by atoms with Crippen LogP contribution in [0.15, 0.2) is 24.3 Å². The zero-order chi connectivity index (χ0) is 10.9. The van der Waals surface area contributed by atoms with Crippen LogP contribution in [0.25, 0.3) is 0 Å². The first-order valence-corrected chi connectivity index (χ1v) is 6.97. The predicted octanol–water partition coefficient (Wildman–Crippen LogP) is 3.77. The lowest BCUT2D eigenvalue weighted by atomic mass is 10.1. The van der Waals surface area contributed by atoms with E-state index in [-0.39, 0.29) is 0 Å². The van der Waals surface area contributed by atoms with Crippen molar-refractivity contribution in [3.05, 3.63) is 29.8 Å². The van der Waals surface area contributed by atoms with Gasteiger partial charge in [-0.25, -0.2) is 0 Å². The molecule has 0 amide bonds. The van der Waals surface area contributed by atoms with Crippen LogP contribution in [0, 0.1) is 0 Å². The Morgan fingerprint density at radius 3 is 2.53 bits per heavy atom. The highest BCUT2D eigenvalue weighted by Crippen LogP contribution is 2.14. The lowest BCUT2D eigenvalue weighted by Gasteiger charge is -2.06. The molecule has 1 aromatic rings. The first kappa shape index (κ1) is 12.4. The van der Waals surface area contributed by atoms with E-state index in [9.17, 15) is 0 Å². The van der Waals surface area contributed by atoms with Gasteiger partial charge in [-0.05, 0) is 36.8 Å². The van der Waals surface area contributed by atoms with Gasteiger partial charge in [0.1, 0.15) is 5.75 Å².